The molecular formula is C28H30BIN2O7. The molecule has 9 nitrogen and oxygen atoms in total. The first-order valence-electron chi connectivity index (χ1n) is 12.9. The fourth-order valence-electron chi connectivity index (χ4n) is 6.21. The van der Waals surface area contributed by atoms with Gasteiger partial charge in [0.1, 0.15) is 0 Å². The number of pyridine rings is 1. The topological polar surface area (TPSA) is 129 Å². The molecule has 39 heavy (non-hydrogen) atoms. The first-order chi connectivity index (χ1) is 18.7. The quantitative estimate of drug-likeness (QED) is 0.182. The summed E-state index contributed by atoms with van der Waals surface area (Å²) >= 11 is 2.06. The molecule has 1 aromatic heterocycles. The molecule has 2 amide bonds. The number of amides is 2. The third-order valence-electron chi connectivity index (χ3n) is 8.00. The van der Waals surface area contributed by atoms with E-state index in [0.29, 0.717) is 28.6 Å². The molecule has 5 rings (SSSR count). The molecule has 0 radical (unpaired) electrons. The van der Waals surface area contributed by atoms with Crippen LogP contribution in [-0.4, -0.2) is 70.9 Å². The number of methoxy groups -OCH3 is 1. The Morgan fingerprint density at radius 1 is 1.28 bits per heavy atom. The summed E-state index contributed by atoms with van der Waals surface area (Å²) in [6.45, 7) is -0.231. The van der Waals surface area contributed by atoms with Crippen molar-refractivity contribution in [1.29, 1.82) is 0 Å². The lowest BCUT2D eigenvalue weighted by molar-refractivity contribution is -0.138. The zero-order chi connectivity index (χ0) is 27.8. The number of phenols is 1. The highest BCUT2D eigenvalue weighted by molar-refractivity contribution is 14.1. The number of ether oxygens (including phenoxy) is 1. The van der Waals surface area contributed by atoms with Crippen LogP contribution in [0.2, 0.25) is 6.32 Å². The van der Waals surface area contributed by atoms with Gasteiger partial charge >= 0.3 is 7.12 Å². The van der Waals surface area contributed by atoms with Crippen LogP contribution in [0, 0.1) is 21.3 Å². The number of hydrogen-bond acceptors (Lipinski definition) is 8. The van der Waals surface area contributed by atoms with Gasteiger partial charge in [-0.25, -0.2) is 0 Å². The first kappa shape index (κ1) is 27.8. The number of phenolic OH excluding ortho intramolecular Hbond substituents is 1. The Kier molecular flexibility index (Phi) is 8.13. The number of halogens is 1. The SMILES string of the molecule is COc1cc(/C=C(/CC[C@H]2OB(O)C[C@H]3C2=C(CO)C[C@H]2C(=O)N(C)C(=O)[C@H]23)c2ccccn2)cc(I)c1O. The largest absolute Gasteiger partial charge is 0.504 e. The average Bonchev–Trinajstić information content (AvgIpc) is 3.16. The molecule has 0 spiro atoms. The van der Waals surface area contributed by atoms with E-state index in [1.54, 1.807) is 12.3 Å². The maximum atomic E-state index is 13.0. The molecule has 4 atom stereocenters. The van der Waals surface area contributed by atoms with Gasteiger partial charge in [-0.1, -0.05) is 6.07 Å². The number of carbonyl (C=O) groups is 2. The second-order valence-corrected chi connectivity index (χ2v) is 11.3. The molecule has 0 saturated carbocycles. The lowest BCUT2D eigenvalue weighted by Crippen LogP contribution is -2.46. The maximum absolute atomic E-state index is 13.0. The Bertz CT molecular complexity index is 1350. The van der Waals surface area contributed by atoms with Gasteiger partial charge in [-0.2, -0.15) is 0 Å². The van der Waals surface area contributed by atoms with Crippen LogP contribution in [0.5, 0.6) is 11.5 Å². The summed E-state index contributed by atoms with van der Waals surface area (Å²) < 4.78 is 12.0. The Hall–Kier alpha value is -2.74. The highest BCUT2D eigenvalue weighted by Gasteiger charge is 2.56. The highest BCUT2D eigenvalue weighted by atomic mass is 127. The molecule has 2 fully saturated rings. The van der Waals surface area contributed by atoms with Gasteiger partial charge < -0.3 is 24.6 Å². The van der Waals surface area contributed by atoms with Gasteiger partial charge in [-0.05, 0) is 107 Å². The fraction of sp³-hybridized carbons (Fsp3) is 0.393. The van der Waals surface area contributed by atoms with Gasteiger partial charge in [-0.3, -0.25) is 19.5 Å². The summed E-state index contributed by atoms with van der Waals surface area (Å²) in [5.74, 6) is -1.45. The summed E-state index contributed by atoms with van der Waals surface area (Å²) in [6, 6.07) is 9.26. The van der Waals surface area contributed by atoms with Crippen LogP contribution in [0.25, 0.3) is 11.6 Å². The molecule has 3 N–H and O–H groups in total. The zero-order valence-corrected chi connectivity index (χ0v) is 23.9. The predicted octanol–water partition coefficient (Wildman–Crippen LogP) is 3.14. The number of aliphatic hydroxyl groups is 1. The Balaban J connectivity index is 1.48. The normalized spacial score (nSPS) is 25.2. The summed E-state index contributed by atoms with van der Waals surface area (Å²) in [5.41, 5.74) is 4.06. The van der Waals surface area contributed by atoms with E-state index >= 15 is 0 Å². The van der Waals surface area contributed by atoms with Crippen molar-refractivity contribution in [3.8, 4) is 11.5 Å². The van der Waals surface area contributed by atoms with Crippen LogP contribution < -0.4 is 4.74 Å². The van der Waals surface area contributed by atoms with Gasteiger partial charge in [0.05, 0.1) is 40.9 Å². The molecule has 2 aromatic rings. The summed E-state index contributed by atoms with van der Waals surface area (Å²) in [4.78, 5) is 31.5. The standard InChI is InChI=1S/C28H30BIN2O7/c1-32-27(35)18-12-17(14-33)24-19(25(18)28(32)36)13-29(37)39-22(24)7-6-16(21-5-3-4-8-31-21)9-15-10-20(30)26(34)23(11-15)38-2/h3-5,8-11,18-19,22,25,33-34,37H,6-7,12-14H2,1-2H3/b16-9-/t18-,19+,22-,25-/m1/s1. The van der Waals surface area contributed by atoms with Crippen LogP contribution in [0.1, 0.15) is 30.5 Å². The van der Waals surface area contributed by atoms with Crippen molar-refractivity contribution in [2.45, 2.75) is 31.7 Å². The van der Waals surface area contributed by atoms with E-state index < -0.39 is 25.1 Å². The Morgan fingerprint density at radius 3 is 2.77 bits per heavy atom. The number of likely N-dealkylation sites (tertiary alicyclic amines) is 1. The lowest BCUT2D eigenvalue weighted by Gasteiger charge is -2.43. The van der Waals surface area contributed by atoms with Gasteiger partial charge in [0, 0.05) is 13.2 Å². The summed E-state index contributed by atoms with van der Waals surface area (Å²) in [7, 11) is 1.92. The summed E-state index contributed by atoms with van der Waals surface area (Å²) in [6.07, 6.45) is 4.67. The molecule has 2 saturated heterocycles. The van der Waals surface area contributed by atoms with Crippen molar-refractivity contribution in [3.05, 3.63) is 62.5 Å². The molecule has 0 unspecified atom stereocenters. The minimum atomic E-state index is -1.08. The monoisotopic (exact) mass is 644 g/mol. The Morgan fingerprint density at radius 2 is 2.08 bits per heavy atom. The van der Waals surface area contributed by atoms with E-state index in [2.05, 4.69) is 27.6 Å². The van der Waals surface area contributed by atoms with Crippen LogP contribution in [0.15, 0.2) is 47.7 Å². The van der Waals surface area contributed by atoms with Gasteiger partial charge in [0.2, 0.25) is 11.8 Å². The van der Waals surface area contributed by atoms with Crippen molar-refractivity contribution in [3.63, 3.8) is 0 Å². The van der Waals surface area contributed by atoms with Crippen molar-refractivity contribution in [1.82, 2.24) is 9.88 Å². The molecule has 1 aliphatic carbocycles. The number of aromatic hydroxyl groups is 1. The highest BCUT2D eigenvalue weighted by Crippen LogP contribution is 2.50. The number of rotatable bonds is 7. The molecule has 204 valence electrons. The number of carbonyl (C=O) groups excluding carboxylic acids is 2. The molecule has 2 aliphatic heterocycles. The molecule has 0 bridgehead atoms. The van der Waals surface area contributed by atoms with E-state index in [-0.39, 0.29) is 36.4 Å². The van der Waals surface area contributed by atoms with Gasteiger partial charge in [0.15, 0.2) is 11.5 Å². The minimum Gasteiger partial charge on any atom is -0.504 e. The van der Waals surface area contributed by atoms with Crippen molar-refractivity contribution in [2.75, 3.05) is 20.8 Å². The van der Waals surface area contributed by atoms with Crippen LogP contribution >= 0.6 is 22.6 Å². The number of fused-ring (bicyclic) bond motifs is 3. The number of hydrogen-bond donors (Lipinski definition) is 3. The van der Waals surface area contributed by atoms with E-state index in [1.807, 2.05) is 30.3 Å². The molecular weight excluding hydrogens is 614 g/mol. The number of benzene rings is 1. The minimum absolute atomic E-state index is 0.0786. The zero-order valence-electron chi connectivity index (χ0n) is 21.7. The summed E-state index contributed by atoms with van der Waals surface area (Å²) in [5, 5.41) is 31.2. The predicted molar refractivity (Wildman–Crippen MR) is 153 cm³/mol. The Labute approximate surface area is 240 Å². The maximum Gasteiger partial charge on any atom is 0.455 e. The number of aliphatic hydroxyl groups excluding tert-OH is 1. The molecule has 11 heteroatoms. The second kappa shape index (κ2) is 11.4. The van der Waals surface area contributed by atoms with Crippen molar-refractivity contribution < 1.29 is 34.2 Å². The molecule has 1 aromatic carbocycles. The average molecular weight is 644 g/mol. The van der Waals surface area contributed by atoms with E-state index in [0.717, 1.165) is 28.0 Å². The first-order valence-corrected chi connectivity index (χ1v) is 14.0. The third-order valence-corrected chi connectivity index (χ3v) is 8.82. The van der Waals surface area contributed by atoms with Crippen molar-refractivity contribution in [2.24, 2.45) is 17.8 Å². The number of imide groups is 1. The third kappa shape index (κ3) is 5.24. The number of aromatic nitrogens is 1. The van der Waals surface area contributed by atoms with Crippen LogP contribution in [0.3, 0.4) is 0 Å². The van der Waals surface area contributed by atoms with E-state index in [1.165, 1.54) is 19.1 Å². The van der Waals surface area contributed by atoms with E-state index in [9.17, 15) is 24.8 Å². The molecule has 3 heterocycles. The second-order valence-electron chi connectivity index (χ2n) is 10.2. The van der Waals surface area contributed by atoms with E-state index in [4.69, 9.17) is 9.39 Å². The number of nitrogens with zero attached hydrogens (tertiary/aromatic N) is 2. The van der Waals surface area contributed by atoms with Gasteiger partial charge in [-0.15, -0.1) is 0 Å². The van der Waals surface area contributed by atoms with Gasteiger partial charge in [0.25, 0.3) is 0 Å². The van der Waals surface area contributed by atoms with Crippen molar-refractivity contribution >= 4 is 53.2 Å². The van der Waals surface area contributed by atoms with Crippen LogP contribution in [-0.2, 0) is 14.2 Å². The number of allylic oxidation sites excluding steroid dienone is 1. The lowest BCUT2D eigenvalue weighted by atomic mass is 9.58. The fourth-order valence-corrected chi connectivity index (χ4v) is 6.84. The smallest absolute Gasteiger partial charge is 0.455 e. The molecule has 3 aliphatic rings. The van der Waals surface area contributed by atoms with Crippen LogP contribution in [0.4, 0.5) is 0 Å².